The first kappa shape index (κ1) is 15.8. The summed E-state index contributed by atoms with van der Waals surface area (Å²) in [6.07, 6.45) is 2.35. The highest BCUT2D eigenvalue weighted by molar-refractivity contribution is 8.04. The van der Waals surface area contributed by atoms with Crippen molar-refractivity contribution in [3.05, 3.63) is 0 Å². The minimum atomic E-state index is -6.22. The summed E-state index contributed by atoms with van der Waals surface area (Å²) in [7, 11) is -16.5. The number of hydrogen-bond donors (Lipinski definition) is 3. The maximum Gasteiger partial charge on any atom is 0.512 e. The van der Waals surface area contributed by atoms with Crippen LogP contribution in [0, 0.1) is 0 Å². The molecule has 0 aromatic rings. The van der Waals surface area contributed by atoms with Gasteiger partial charge in [0.1, 0.15) is 0 Å². The number of hydrogen-bond acceptors (Lipinski definition) is 7. The van der Waals surface area contributed by atoms with E-state index >= 15 is 0 Å². The molecular formula is C2H5F3NO7PS2. The maximum absolute atomic E-state index is 11.7. The number of rotatable bonds is 4. The van der Waals surface area contributed by atoms with E-state index in [1.54, 1.807) is 0 Å². The van der Waals surface area contributed by atoms with Crippen molar-refractivity contribution in [2.75, 3.05) is 0 Å². The van der Waals surface area contributed by atoms with E-state index in [-0.39, 0.29) is 4.13 Å². The second kappa shape index (κ2) is 4.25. The van der Waals surface area contributed by atoms with E-state index in [9.17, 15) is 30.0 Å². The summed E-state index contributed by atoms with van der Waals surface area (Å²) in [4.78, 5) is 16.8. The second-order valence-corrected chi connectivity index (χ2v) is 7.20. The van der Waals surface area contributed by atoms with Gasteiger partial charge in [0.2, 0.25) is 0 Å². The van der Waals surface area contributed by atoms with Gasteiger partial charge >= 0.3 is 25.8 Å². The Morgan fingerprint density at radius 1 is 1.19 bits per heavy atom. The minimum Gasteiger partial charge on any atom is -0.332 e. The lowest BCUT2D eigenvalue weighted by molar-refractivity contribution is -0.0442. The third kappa shape index (κ3) is 5.25. The van der Waals surface area contributed by atoms with Gasteiger partial charge in [0.25, 0.3) is 7.57 Å². The molecule has 0 rings (SSSR count). The van der Waals surface area contributed by atoms with Gasteiger partial charge in [0, 0.05) is 0 Å². The molecule has 0 unspecified atom stereocenters. The molecule has 0 aliphatic carbocycles. The molecule has 0 aliphatic heterocycles. The Bertz CT molecular complexity index is 498. The van der Waals surface area contributed by atoms with Crippen LogP contribution in [0.3, 0.4) is 0 Å². The van der Waals surface area contributed by atoms with Gasteiger partial charge in [-0.05, 0) is 6.30 Å². The van der Waals surface area contributed by atoms with Crippen LogP contribution in [0.5, 0.6) is 0 Å². The summed E-state index contributed by atoms with van der Waals surface area (Å²) in [5, 5.41) is 0. The first-order chi connectivity index (χ1) is 6.66. The van der Waals surface area contributed by atoms with Crippen LogP contribution in [0.15, 0.2) is 0 Å². The molecule has 0 atom stereocenters. The van der Waals surface area contributed by atoms with Gasteiger partial charge in [0.15, 0.2) is 0 Å². The molecule has 0 aromatic heterocycles. The Morgan fingerprint density at radius 3 is 1.81 bits per heavy atom. The van der Waals surface area contributed by atoms with Crippen molar-refractivity contribution in [2.24, 2.45) is 0 Å². The summed E-state index contributed by atoms with van der Waals surface area (Å²) < 4.78 is 80.1. The van der Waals surface area contributed by atoms with Crippen LogP contribution in [0.4, 0.5) is 13.2 Å². The van der Waals surface area contributed by atoms with E-state index in [1.165, 1.54) is 0 Å². The molecule has 0 radical (unpaired) electrons. The van der Waals surface area contributed by atoms with Gasteiger partial charge in [-0.1, -0.05) is 4.13 Å². The van der Waals surface area contributed by atoms with Crippen molar-refractivity contribution in [3.8, 4) is 0 Å². The monoisotopic (exact) mass is 307 g/mol. The molecular weight excluding hydrogens is 302 g/mol. The average Bonchev–Trinajstić information content (AvgIpc) is 1.72. The quantitative estimate of drug-likeness (QED) is 0.560. The lowest BCUT2D eigenvalue weighted by Crippen LogP contribution is -2.40. The Morgan fingerprint density at radius 2 is 1.56 bits per heavy atom. The number of alkyl halides is 3. The van der Waals surface area contributed by atoms with Gasteiger partial charge in [0.05, 0.1) is 0 Å². The molecule has 98 valence electrons. The van der Waals surface area contributed by atoms with Crippen molar-refractivity contribution in [1.82, 2.24) is 4.13 Å². The molecule has 0 aliphatic rings. The molecule has 0 saturated heterocycles. The molecule has 14 heteroatoms. The highest BCUT2D eigenvalue weighted by atomic mass is 32.3. The van der Waals surface area contributed by atoms with E-state index in [0.717, 1.165) is 0 Å². The van der Waals surface area contributed by atoms with Crippen molar-refractivity contribution < 1.29 is 43.8 Å². The Kier molecular flexibility index (Phi) is 4.21. The van der Waals surface area contributed by atoms with Gasteiger partial charge in [-0.15, -0.1) is 0 Å². The fraction of sp³-hybridized carbons (Fsp3) is 0.500. The SMILES string of the molecule is C=P(O)(O)OS(=O)(=O)NS(=O)(=O)C(F)(F)F. The van der Waals surface area contributed by atoms with Crippen LogP contribution in [0.1, 0.15) is 0 Å². The molecule has 3 N–H and O–H groups in total. The predicted molar refractivity (Wildman–Crippen MR) is 46.6 cm³/mol. The minimum absolute atomic E-state index is 0.0941. The normalized spacial score (nSPS) is 15.1. The van der Waals surface area contributed by atoms with Gasteiger partial charge in [-0.3, -0.25) is 0 Å². The van der Waals surface area contributed by atoms with Crippen LogP contribution < -0.4 is 4.13 Å². The van der Waals surface area contributed by atoms with Crippen molar-refractivity contribution in [2.45, 2.75) is 5.51 Å². The first-order valence-corrected chi connectivity index (χ1v) is 7.60. The summed E-state index contributed by atoms with van der Waals surface area (Å²) in [6, 6.07) is 0. The largest absolute Gasteiger partial charge is 0.512 e. The zero-order chi connectivity index (χ0) is 13.4. The molecule has 8 nitrogen and oxygen atoms in total. The van der Waals surface area contributed by atoms with Crippen LogP contribution >= 0.6 is 7.57 Å². The van der Waals surface area contributed by atoms with Gasteiger partial charge < -0.3 is 9.79 Å². The Hall–Kier alpha value is -0.170. The summed E-state index contributed by atoms with van der Waals surface area (Å²) in [5.74, 6) is 0. The van der Waals surface area contributed by atoms with Gasteiger partial charge in [-0.25, -0.2) is 8.42 Å². The van der Waals surface area contributed by atoms with Crippen LogP contribution in [-0.2, 0) is 24.3 Å². The predicted octanol–water partition coefficient (Wildman–Crippen LogP) is -1.13. The lowest BCUT2D eigenvalue weighted by Gasteiger charge is -2.12. The smallest absolute Gasteiger partial charge is 0.332 e. The van der Waals surface area contributed by atoms with E-state index in [4.69, 9.17) is 9.79 Å². The average molecular weight is 307 g/mol. The fourth-order valence-electron chi connectivity index (χ4n) is 0.354. The third-order valence-corrected chi connectivity index (χ3v) is 4.78. The summed E-state index contributed by atoms with van der Waals surface area (Å²) in [6.45, 7) is 0. The topological polar surface area (TPSA) is 130 Å². The first-order valence-electron chi connectivity index (χ1n) is 2.91. The van der Waals surface area contributed by atoms with Crippen LogP contribution in [0.2, 0.25) is 0 Å². The summed E-state index contributed by atoms with van der Waals surface area (Å²) in [5.41, 5.74) is -5.89. The van der Waals surface area contributed by atoms with Gasteiger partial charge in [-0.2, -0.15) is 25.6 Å². The van der Waals surface area contributed by atoms with E-state index in [0.29, 0.717) is 0 Å². The maximum atomic E-state index is 11.7. The molecule has 0 saturated carbocycles. The Labute approximate surface area is 88.2 Å². The molecule has 0 amide bonds. The van der Waals surface area contributed by atoms with E-state index < -0.39 is 33.4 Å². The molecule has 0 fully saturated rings. The lowest BCUT2D eigenvalue weighted by atomic mass is 11.6. The highest BCUT2D eigenvalue weighted by Gasteiger charge is 2.49. The highest BCUT2D eigenvalue weighted by Crippen LogP contribution is 2.37. The van der Waals surface area contributed by atoms with E-state index in [1.807, 2.05) is 0 Å². The zero-order valence-corrected chi connectivity index (χ0v) is 9.57. The molecule has 0 spiro atoms. The Balaban J connectivity index is 5.11. The fourth-order valence-corrected chi connectivity index (χ4v) is 3.46. The molecule has 0 heterocycles. The van der Waals surface area contributed by atoms with E-state index in [2.05, 4.69) is 10.3 Å². The number of nitrogens with one attached hydrogen (secondary N) is 1. The number of halogens is 3. The standard InChI is InChI=1S/C2H5F3NO7PS2/c1-14(7,8)13-16(11,12)6-15(9,10)2(3,4)5/h6-8H,1H2. The molecule has 16 heavy (non-hydrogen) atoms. The van der Waals surface area contributed by atoms with Crippen LogP contribution in [-0.4, -0.2) is 38.4 Å². The molecule has 0 aromatic carbocycles. The number of sulfonamides is 1. The third-order valence-electron chi connectivity index (χ3n) is 0.734. The summed E-state index contributed by atoms with van der Waals surface area (Å²) >= 11 is 0. The van der Waals surface area contributed by atoms with Crippen LogP contribution in [0.25, 0.3) is 0 Å². The molecule has 0 bridgehead atoms. The van der Waals surface area contributed by atoms with Crippen molar-refractivity contribution >= 4 is 34.2 Å². The zero-order valence-electron chi connectivity index (χ0n) is 7.04. The van der Waals surface area contributed by atoms with Crippen molar-refractivity contribution in [1.29, 1.82) is 0 Å². The second-order valence-electron chi connectivity index (χ2n) is 2.23. The van der Waals surface area contributed by atoms with Crippen molar-refractivity contribution in [3.63, 3.8) is 0 Å².